The monoisotopic (exact) mass is 199 g/mol. The summed E-state index contributed by atoms with van der Waals surface area (Å²) in [6, 6.07) is 0. The fraction of sp³-hybridized carbons (Fsp3) is 0.667. The molecule has 0 amide bonds. The van der Waals surface area contributed by atoms with Gasteiger partial charge in [-0.25, -0.2) is 0 Å². The molecule has 0 fully saturated rings. The number of nitrogens with zero attached hydrogens (tertiary/aromatic N) is 2. The van der Waals surface area contributed by atoms with E-state index in [1.165, 1.54) is 0 Å². The number of rotatable bonds is 5. The highest BCUT2D eigenvalue weighted by Crippen LogP contribution is 2.09. The summed E-state index contributed by atoms with van der Waals surface area (Å²) in [7, 11) is 3.31. The SMILES string of the molecule is COCC(Cn1ncc(N)c1C)OC. The van der Waals surface area contributed by atoms with E-state index in [0.29, 0.717) is 18.8 Å². The summed E-state index contributed by atoms with van der Waals surface area (Å²) >= 11 is 0. The van der Waals surface area contributed by atoms with E-state index in [0.717, 1.165) is 5.69 Å². The Balaban J connectivity index is 2.62. The van der Waals surface area contributed by atoms with Crippen LogP contribution < -0.4 is 5.73 Å². The molecule has 0 aromatic carbocycles. The maximum atomic E-state index is 5.68. The molecule has 0 aliphatic carbocycles. The molecule has 0 spiro atoms. The second-order valence-electron chi connectivity index (χ2n) is 3.18. The van der Waals surface area contributed by atoms with Crippen molar-refractivity contribution in [2.75, 3.05) is 26.6 Å². The number of nitrogens with two attached hydrogens (primary N) is 1. The second kappa shape index (κ2) is 4.97. The van der Waals surface area contributed by atoms with Crippen molar-refractivity contribution in [3.05, 3.63) is 11.9 Å². The van der Waals surface area contributed by atoms with E-state index in [1.807, 2.05) is 11.6 Å². The number of methoxy groups -OCH3 is 2. The van der Waals surface area contributed by atoms with E-state index in [2.05, 4.69) is 5.10 Å². The first-order chi connectivity index (χ1) is 6.69. The summed E-state index contributed by atoms with van der Waals surface area (Å²) < 4.78 is 12.1. The van der Waals surface area contributed by atoms with Crippen LogP contribution in [0.1, 0.15) is 5.69 Å². The van der Waals surface area contributed by atoms with Gasteiger partial charge < -0.3 is 15.2 Å². The standard InChI is InChI=1S/C9H17N3O2/c1-7-9(10)4-11-12(7)5-8(14-3)6-13-2/h4,8H,5-6,10H2,1-3H3. The molecule has 5 heteroatoms. The van der Waals surface area contributed by atoms with Gasteiger partial charge in [0.1, 0.15) is 0 Å². The first-order valence-electron chi connectivity index (χ1n) is 4.48. The number of hydrogen-bond donors (Lipinski definition) is 1. The van der Waals surface area contributed by atoms with E-state index >= 15 is 0 Å². The van der Waals surface area contributed by atoms with Gasteiger partial charge in [-0.15, -0.1) is 0 Å². The van der Waals surface area contributed by atoms with Gasteiger partial charge in [0, 0.05) is 14.2 Å². The maximum Gasteiger partial charge on any atom is 0.0999 e. The summed E-state index contributed by atoms with van der Waals surface area (Å²) in [5.74, 6) is 0. The summed E-state index contributed by atoms with van der Waals surface area (Å²) in [5.41, 5.74) is 7.34. The van der Waals surface area contributed by atoms with Gasteiger partial charge in [0.25, 0.3) is 0 Å². The van der Waals surface area contributed by atoms with E-state index in [9.17, 15) is 0 Å². The average Bonchev–Trinajstić information content (AvgIpc) is 2.49. The zero-order chi connectivity index (χ0) is 10.6. The molecule has 0 saturated heterocycles. The summed E-state index contributed by atoms with van der Waals surface area (Å²) in [6.07, 6.45) is 1.66. The van der Waals surface area contributed by atoms with Gasteiger partial charge in [-0.1, -0.05) is 0 Å². The normalized spacial score (nSPS) is 13.1. The van der Waals surface area contributed by atoms with Gasteiger partial charge in [0.2, 0.25) is 0 Å². The zero-order valence-corrected chi connectivity index (χ0v) is 8.86. The third-order valence-corrected chi connectivity index (χ3v) is 2.20. The van der Waals surface area contributed by atoms with Crippen LogP contribution in [0.4, 0.5) is 5.69 Å². The van der Waals surface area contributed by atoms with Crippen LogP contribution in [0, 0.1) is 6.92 Å². The lowest BCUT2D eigenvalue weighted by molar-refractivity contribution is 0.0160. The van der Waals surface area contributed by atoms with Gasteiger partial charge in [-0.3, -0.25) is 4.68 Å². The lowest BCUT2D eigenvalue weighted by atomic mass is 10.3. The molecule has 1 rings (SSSR count). The van der Waals surface area contributed by atoms with E-state index in [-0.39, 0.29) is 6.10 Å². The van der Waals surface area contributed by atoms with Crippen LogP contribution in [-0.4, -0.2) is 36.7 Å². The molecule has 80 valence electrons. The number of nitrogen functional groups attached to an aromatic ring is 1. The topological polar surface area (TPSA) is 62.3 Å². The minimum absolute atomic E-state index is 0.0120. The van der Waals surface area contributed by atoms with E-state index < -0.39 is 0 Å². The molecule has 0 aliphatic rings. The van der Waals surface area contributed by atoms with Crippen LogP contribution in [0.15, 0.2) is 6.20 Å². The molecular weight excluding hydrogens is 182 g/mol. The molecule has 1 aromatic heterocycles. The summed E-state index contributed by atoms with van der Waals surface area (Å²) in [6.45, 7) is 3.14. The summed E-state index contributed by atoms with van der Waals surface area (Å²) in [5, 5.41) is 4.14. The van der Waals surface area contributed by atoms with Crippen LogP contribution in [0.25, 0.3) is 0 Å². The van der Waals surface area contributed by atoms with Crippen molar-refractivity contribution >= 4 is 5.69 Å². The lowest BCUT2D eigenvalue weighted by Crippen LogP contribution is -2.24. The predicted molar refractivity (Wildman–Crippen MR) is 54.0 cm³/mol. The fourth-order valence-electron chi connectivity index (χ4n) is 1.22. The van der Waals surface area contributed by atoms with Crippen LogP contribution in [0.5, 0.6) is 0 Å². The van der Waals surface area contributed by atoms with Crippen LogP contribution >= 0.6 is 0 Å². The van der Waals surface area contributed by atoms with Gasteiger partial charge >= 0.3 is 0 Å². The van der Waals surface area contributed by atoms with Crippen molar-refractivity contribution in [3.8, 4) is 0 Å². The predicted octanol–water partition coefficient (Wildman–Crippen LogP) is 0.435. The highest BCUT2D eigenvalue weighted by Gasteiger charge is 2.10. The Kier molecular flexibility index (Phi) is 3.91. The van der Waals surface area contributed by atoms with Crippen LogP contribution in [0.2, 0.25) is 0 Å². The molecule has 1 heterocycles. The third-order valence-electron chi connectivity index (χ3n) is 2.20. The van der Waals surface area contributed by atoms with Crippen LogP contribution in [-0.2, 0) is 16.0 Å². The molecule has 0 bridgehead atoms. The van der Waals surface area contributed by atoms with Gasteiger partial charge in [0.15, 0.2) is 0 Å². The largest absolute Gasteiger partial charge is 0.396 e. The fourth-order valence-corrected chi connectivity index (χ4v) is 1.22. The first-order valence-corrected chi connectivity index (χ1v) is 4.48. The number of anilines is 1. The quantitative estimate of drug-likeness (QED) is 0.747. The Morgan fingerprint density at radius 2 is 2.29 bits per heavy atom. The van der Waals surface area contributed by atoms with Crippen molar-refractivity contribution in [1.29, 1.82) is 0 Å². The Bertz CT molecular complexity index is 286. The number of aromatic nitrogens is 2. The van der Waals surface area contributed by atoms with E-state index in [4.69, 9.17) is 15.2 Å². The Morgan fingerprint density at radius 3 is 2.71 bits per heavy atom. The van der Waals surface area contributed by atoms with Gasteiger partial charge in [0.05, 0.1) is 36.8 Å². The third kappa shape index (κ3) is 2.46. The Morgan fingerprint density at radius 1 is 1.57 bits per heavy atom. The Hall–Kier alpha value is -1.07. The number of ether oxygens (including phenoxy) is 2. The minimum Gasteiger partial charge on any atom is -0.396 e. The molecule has 0 radical (unpaired) electrons. The molecular formula is C9H17N3O2. The highest BCUT2D eigenvalue weighted by molar-refractivity contribution is 5.39. The smallest absolute Gasteiger partial charge is 0.0999 e. The average molecular weight is 199 g/mol. The van der Waals surface area contributed by atoms with Gasteiger partial charge in [-0.05, 0) is 6.92 Å². The highest BCUT2D eigenvalue weighted by atomic mass is 16.5. The second-order valence-corrected chi connectivity index (χ2v) is 3.18. The van der Waals surface area contributed by atoms with Crippen molar-refractivity contribution in [2.45, 2.75) is 19.6 Å². The Labute approximate surface area is 83.8 Å². The van der Waals surface area contributed by atoms with E-state index in [1.54, 1.807) is 20.4 Å². The molecule has 1 atom stereocenters. The van der Waals surface area contributed by atoms with Crippen molar-refractivity contribution in [3.63, 3.8) is 0 Å². The van der Waals surface area contributed by atoms with Gasteiger partial charge in [-0.2, -0.15) is 5.10 Å². The molecule has 2 N–H and O–H groups in total. The zero-order valence-electron chi connectivity index (χ0n) is 8.86. The molecule has 1 unspecified atom stereocenters. The molecule has 5 nitrogen and oxygen atoms in total. The van der Waals surface area contributed by atoms with Crippen molar-refractivity contribution in [2.24, 2.45) is 0 Å². The minimum atomic E-state index is 0.0120. The molecule has 0 aliphatic heterocycles. The number of hydrogen-bond acceptors (Lipinski definition) is 4. The first kappa shape index (κ1) is 11.0. The summed E-state index contributed by atoms with van der Waals surface area (Å²) in [4.78, 5) is 0. The van der Waals surface area contributed by atoms with Crippen molar-refractivity contribution < 1.29 is 9.47 Å². The molecule has 1 aromatic rings. The molecule has 14 heavy (non-hydrogen) atoms. The molecule has 0 saturated carbocycles. The maximum absolute atomic E-state index is 5.68. The van der Waals surface area contributed by atoms with Crippen LogP contribution in [0.3, 0.4) is 0 Å². The van der Waals surface area contributed by atoms with Crippen molar-refractivity contribution in [1.82, 2.24) is 9.78 Å². The lowest BCUT2D eigenvalue weighted by Gasteiger charge is -2.15.